The maximum atomic E-state index is 12.4. The molecule has 1 heterocycles. The third-order valence-electron chi connectivity index (χ3n) is 4.45. The molecule has 0 radical (unpaired) electrons. The SMILES string of the molecule is NC(=O)c1ccsc1NC(=O)C1C2CCC(C2)C1N. The quantitative estimate of drug-likeness (QED) is 0.774. The van der Waals surface area contributed by atoms with Crippen LogP contribution in [0.4, 0.5) is 5.00 Å². The summed E-state index contributed by atoms with van der Waals surface area (Å²) in [6.45, 7) is 0. The van der Waals surface area contributed by atoms with Crippen molar-refractivity contribution in [2.24, 2.45) is 29.2 Å². The Morgan fingerprint density at radius 2 is 2.05 bits per heavy atom. The van der Waals surface area contributed by atoms with Gasteiger partial charge in [-0.05, 0) is 42.5 Å². The number of nitrogens with one attached hydrogen (secondary N) is 1. The molecule has 0 saturated heterocycles. The zero-order valence-corrected chi connectivity index (χ0v) is 11.3. The Hall–Kier alpha value is -1.40. The van der Waals surface area contributed by atoms with Crippen LogP contribution >= 0.6 is 11.3 Å². The average molecular weight is 279 g/mol. The van der Waals surface area contributed by atoms with Gasteiger partial charge in [-0.2, -0.15) is 0 Å². The standard InChI is InChI=1S/C13H17N3O2S/c14-10-7-2-1-6(5-7)9(10)12(18)16-13-8(11(15)17)3-4-19-13/h3-4,6-7,9-10H,1-2,5,14H2,(H2,15,17)(H,16,18). The highest BCUT2D eigenvalue weighted by atomic mass is 32.1. The number of primary amides is 1. The van der Waals surface area contributed by atoms with Crippen LogP contribution in [0.25, 0.3) is 0 Å². The average Bonchev–Trinajstić information content (AvgIpc) is 3.02. The molecule has 5 N–H and O–H groups in total. The lowest BCUT2D eigenvalue weighted by Crippen LogP contribution is -2.42. The van der Waals surface area contributed by atoms with Crippen LogP contribution in [0.1, 0.15) is 29.6 Å². The van der Waals surface area contributed by atoms with E-state index in [4.69, 9.17) is 11.5 Å². The van der Waals surface area contributed by atoms with Crippen molar-refractivity contribution < 1.29 is 9.59 Å². The number of thiophene rings is 1. The van der Waals surface area contributed by atoms with Gasteiger partial charge in [0.15, 0.2) is 0 Å². The largest absolute Gasteiger partial charge is 0.366 e. The van der Waals surface area contributed by atoms with Gasteiger partial charge in [-0.15, -0.1) is 11.3 Å². The number of nitrogens with two attached hydrogens (primary N) is 2. The number of carbonyl (C=O) groups excluding carboxylic acids is 2. The maximum Gasteiger partial charge on any atom is 0.251 e. The van der Waals surface area contributed by atoms with Crippen LogP contribution in [0, 0.1) is 17.8 Å². The predicted octanol–water partition coefficient (Wildman–Crippen LogP) is 1.16. The number of rotatable bonds is 3. The normalized spacial score (nSPS) is 32.5. The van der Waals surface area contributed by atoms with E-state index >= 15 is 0 Å². The summed E-state index contributed by atoms with van der Waals surface area (Å²) in [5, 5.41) is 5.11. The second kappa shape index (κ2) is 4.61. The van der Waals surface area contributed by atoms with E-state index in [2.05, 4.69) is 5.32 Å². The highest BCUT2D eigenvalue weighted by Crippen LogP contribution is 2.48. The minimum Gasteiger partial charge on any atom is -0.366 e. The van der Waals surface area contributed by atoms with E-state index in [1.807, 2.05) is 0 Å². The number of fused-ring (bicyclic) bond motifs is 2. The molecule has 2 bridgehead atoms. The van der Waals surface area contributed by atoms with Crippen LogP contribution in [-0.2, 0) is 4.79 Å². The summed E-state index contributed by atoms with van der Waals surface area (Å²) >= 11 is 1.31. The van der Waals surface area contributed by atoms with Crippen molar-refractivity contribution in [2.75, 3.05) is 5.32 Å². The number of anilines is 1. The zero-order chi connectivity index (χ0) is 13.6. The van der Waals surface area contributed by atoms with Gasteiger partial charge in [-0.3, -0.25) is 9.59 Å². The van der Waals surface area contributed by atoms with E-state index in [-0.39, 0.29) is 17.9 Å². The van der Waals surface area contributed by atoms with Crippen LogP contribution in [0.15, 0.2) is 11.4 Å². The lowest BCUT2D eigenvalue weighted by atomic mass is 9.84. The minimum atomic E-state index is -0.520. The summed E-state index contributed by atoms with van der Waals surface area (Å²) in [6, 6.07) is 1.58. The first-order valence-electron chi connectivity index (χ1n) is 6.51. The summed E-state index contributed by atoms with van der Waals surface area (Å²) in [5.74, 6) is 0.178. The molecule has 4 unspecified atom stereocenters. The van der Waals surface area contributed by atoms with E-state index in [0.717, 1.165) is 19.3 Å². The van der Waals surface area contributed by atoms with Crippen molar-refractivity contribution in [3.63, 3.8) is 0 Å². The molecule has 4 atom stereocenters. The van der Waals surface area contributed by atoms with Gasteiger partial charge in [0.05, 0.1) is 11.5 Å². The molecule has 19 heavy (non-hydrogen) atoms. The first-order chi connectivity index (χ1) is 9.08. The van der Waals surface area contributed by atoms with Gasteiger partial charge in [-0.25, -0.2) is 0 Å². The van der Waals surface area contributed by atoms with Gasteiger partial charge >= 0.3 is 0 Å². The number of amides is 2. The molecule has 2 aliphatic carbocycles. The fourth-order valence-corrected chi connectivity index (χ4v) is 4.32. The van der Waals surface area contributed by atoms with E-state index in [9.17, 15) is 9.59 Å². The molecule has 2 amide bonds. The molecule has 5 nitrogen and oxygen atoms in total. The highest BCUT2D eigenvalue weighted by molar-refractivity contribution is 7.14. The van der Waals surface area contributed by atoms with Gasteiger partial charge < -0.3 is 16.8 Å². The van der Waals surface area contributed by atoms with Gasteiger partial charge in [0.2, 0.25) is 5.91 Å². The lowest BCUT2D eigenvalue weighted by molar-refractivity contribution is -0.121. The fraction of sp³-hybridized carbons (Fsp3) is 0.538. The maximum absolute atomic E-state index is 12.4. The van der Waals surface area contributed by atoms with E-state index in [0.29, 0.717) is 22.4 Å². The molecule has 102 valence electrons. The predicted molar refractivity (Wildman–Crippen MR) is 73.8 cm³/mol. The van der Waals surface area contributed by atoms with Gasteiger partial charge in [0.1, 0.15) is 5.00 Å². The Kier molecular flexibility index (Phi) is 3.06. The zero-order valence-electron chi connectivity index (χ0n) is 10.5. The van der Waals surface area contributed by atoms with Crippen molar-refractivity contribution in [1.82, 2.24) is 0 Å². The molecule has 2 aliphatic rings. The van der Waals surface area contributed by atoms with Crippen molar-refractivity contribution in [2.45, 2.75) is 25.3 Å². The second-order valence-electron chi connectivity index (χ2n) is 5.45. The second-order valence-corrected chi connectivity index (χ2v) is 6.37. The number of hydrogen-bond donors (Lipinski definition) is 3. The van der Waals surface area contributed by atoms with Crippen LogP contribution in [0.5, 0.6) is 0 Å². The van der Waals surface area contributed by atoms with E-state index < -0.39 is 5.91 Å². The fourth-order valence-electron chi connectivity index (χ4n) is 3.52. The molecule has 1 aromatic heterocycles. The molecule has 0 aromatic carbocycles. The third-order valence-corrected chi connectivity index (χ3v) is 5.28. The van der Waals surface area contributed by atoms with Crippen molar-refractivity contribution in [1.29, 1.82) is 0 Å². The van der Waals surface area contributed by atoms with Gasteiger partial charge in [-0.1, -0.05) is 0 Å². The molecular formula is C13H17N3O2S. The first-order valence-corrected chi connectivity index (χ1v) is 7.39. The number of hydrogen-bond acceptors (Lipinski definition) is 4. The Morgan fingerprint density at radius 3 is 2.68 bits per heavy atom. The summed E-state index contributed by atoms with van der Waals surface area (Å²) < 4.78 is 0. The molecule has 0 aliphatic heterocycles. The molecule has 3 rings (SSSR count). The minimum absolute atomic E-state index is 0.0456. The molecular weight excluding hydrogens is 262 g/mol. The van der Waals surface area contributed by atoms with Crippen LogP contribution in [0.3, 0.4) is 0 Å². The Morgan fingerprint density at radius 1 is 1.32 bits per heavy atom. The summed E-state index contributed by atoms with van der Waals surface area (Å²) in [4.78, 5) is 23.6. The van der Waals surface area contributed by atoms with Crippen molar-refractivity contribution >= 4 is 28.2 Å². The van der Waals surface area contributed by atoms with E-state index in [1.165, 1.54) is 11.3 Å². The molecule has 2 saturated carbocycles. The molecule has 6 heteroatoms. The summed E-state index contributed by atoms with van der Waals surface area (Å²) in [7, 11) is 0. The van der Waals surface area contributed by atoms with E-state index in [1.54, 1.807) is 11.4 Å². The number of carbonyl (C=O) groups is 2. The molecule has 2 fully saturated rings. The van der Waals surface area contributed by atoms with Crippen LogP contribution in [-0.4, -0.2) is 17.9 Å². The van der Waals surface area contributed by atoms with Crippen LogP contribution in [0.2, 0.25) is 0 Å². The Balaban J connectivity index is 1.75. The van der Waals surface area contributed by atoms with Crippen molar-refractivity contribution in [3.8, 4) is 0 Å². The first kappa shape index (κ1) is 12.6. The lowest BCUT2D eigenvalue weighted by Gasteiger charge is -2.26. The van der Waals surface area contributed by atoms with Gasteiger partial charge in [0, 0.05) is 6.04 Å². The topological polar surface area (TPSA) is 98.2 Å². The Bertz CT molecular complexity index is 526. The van der Waals surface area contributed by atoms with Crippen LogP contribution < -0.4 is 16.8 Å². The highest BCUT2D eigenvalue weighted by Gasteiger charge is 2.49. The Labute approximate surface area is 115 Å². The smallest absolute Gasteiger partial charge is 0.251 e. The molecule has 0 spiro atoms. The summed E-state index contributed by atoms with van der Waals surface area (Å²) in [5.41, 5.74) is 11.8. The monoisotopic (exact) mass is 279 g/mol. The van der Waals surface area contributed by atoms with Crippen molar-refractivity contribution in [3.05, 3.63) is 17.0 Å². The van der Waals surface area contributed by atoms with Gasteiger partial charge in [0.25, 0.3) is 5.91 Å². The third kappa shape index (κ3) is 2.04. The molecule has 1 aromatic rings. The summed E-state index contributed by atoms with van der Waals surface area (Å²) in [6.07, 6.45) is 3.29.